The minimum absolute atomic E-state index is 0.267. The molecule has 0 aliphatic rings. The third-order valence-corrected chi connectivity index (χ3v) is 5.31. The molecular weight excluding hydrogens is 376 g/mol. The number of ether oxygens (including phenoxy) is 1. The minimum Gasteiger partial charge on any atom is -0.462 e. The standard InChI is InChI=1S/C19H26N6O2S/c1-7-27-19(26)16-12(4)15-17(21-13-8-20-25(9-13)11(2)3)22-14(10-24(5)6)23-18(15)28-16/h8-9,11H,7,10H2,1-6H3,(H,21,22,23). The van der Waals surface area contributed by atoms with Gasteiger partial charge in [0.2, 0.25) is 0 Å². The molecule has 150 valence electrons. The van der Waals surface area contributed by atoms with Gasteiger partial charge >= 0.3 is 5.97 Å². The summed E-state index contributed by atoms with van der Waals surface area (Å²) in [7, 11) is 3.94. The molecule has 0 saturated heterocycles. The SMILES string of the molecule is CCOC(=O)c1sc2nc(CN(C)C)nc(Nc3cnn(C(C)C)c3)c2c1C. The van der Waals surface area contributed by atoms with Crippen LogP contribution in [-0.4, -0.2) is 51.3 Å². The van der Waals surface area contributed by atoms with Crippen LogP contribution in [0.4, 0.5) is 11.5 Å². The lowest BCUT2D eigenvalue weighted by molar-refractivity contribution is 0.0531. The van der Waals surface area contributed by atoms with Crippen molar-refractivity contribution in [3.8, 4) is 0 Å². The van der Waals surface area contributed by atoms with Gasteiger partial charge in [0, 0.05) is 12.2 Å². The van der Waals surface area contributed by atoms with Gasteiger partial charge in [-0.2, -0.15) is 5.10 Å². The van der Waals surface area contributed by atoms with Crippen molar-refractivity contribution in [1.82, 2.24) is 24.6 Å². The molecule has 9 heteroatoms. The molecule has 3 heterocycles. The third-order valence-electron chi connectivity index (χ3n) is 4.15. The number of thiophene rings is 1. The van der Waals surface area contributed by atoms with Crippen molar-refractivity contribution in [2.24, 2.45) is 0 Å². The van der Waals surface area contributed by atoms with Crippen LogP contribution in [0.1, 0.15) is 47.9 Å². The number of anilines is 2. The van der Waals surface area contributed by atoms with Gasteiger partial charge < -0.3 is 15.0 Å². The van der Waals surface area contributed by atoms with E-state index in [0.29, 0.717) is 29.7 Å². The van der Waals surface area contributed by atoms with Crippen LogP contribution in [0.5, 0.6) is 0 Å². The first-order chi connectivity index (χ1) is 13.3. The molecule has 28 heavy (non-hydrogen) atoms. The summed E-state index contributed by atoms with van der Waals surface area (Å²) in [5.41, 5.74) is 1.67. The molecule has 0 spiro atoms. The highest BCUT2D eigenvalue weighted by atomic mass is 32.1. The summed E-state index contributed by atoms with van der Waals surface area (Å²) in [5, 5.41) is 8.58. The number of hydrogen-bond donors (Lipinski definition) is 1. The number of aromatic nitrogens is 4. The normalized spacial score (nSPS) is 11.6. The van der Waals surface area contributed by atoms with Crippen LogP contribution in [0.3, 0.4) is 0 Å². The Morgan fingerprint density at radius 2 is 2.11 bits per heavy atom. The van der Waals surface area contributed by atoms with Gasteiger partial charge in [-0.05, 0) is 47.4 Å². The van der Waals surface area contributed by atoms with Gasteiger partial charge in [-0.25, -0.2) is 14.8 Å². The molecule has 8 nitrogen and oxygen atoms in total. The van der Waals surface area contributed by atoms with Crippen LogP contribution in [0, 0.1) is 6.92 Å². The first-order valence-corrected chi connectivity index (χ1v) is 10.0. The maximum atomic E-state index is 12.3. The lowest BCUT2D eigenvalue weighted by Crippen LogP contribution is -2.14. The fourth-order valence-electron chi connectivity index (χ4n) is 2.84. The Bertz CT molecular complexity index is 992. The largest absolute Gasteiger partial charge is 0.462 e. The van der Waals surface area contributed by atoms with E-state index in [1.54, 1.807) is 13.1 Å². The first-order valence-electron chi connectivity index (χ1n) is 9.23. The van der Waals surface area contributed by atoms with Crippen LogP contribution in [-0.2, 0) is 11.3 Å². The zero-order valence-corrected chi connectivity index (χ0v) is 17.9. The monoisotopic (exact) mass is 402 g/mol. The molecule has 0 fully saturated rings. The van der Waals surface area contributed by atoms with Gasteiger partial charge in [0.25, 0.3) is 0 Å². The maximum Gasteiger partial charge on any atom is 0.348 e. The molecule has 0 radical (unpaired) electrons. The number of esters is 1. The molecule has 0 bridgehead atoms. The fourth-order valence-corrected chi connectivity index (χ4v) is 3.93. The van der Waals surface area contributed by atoms with Gasteiger partial charge in [0.15, 0.2) is 0 Å². The Morgan fingerprint density at radius 3 is 2.71 bits per heavy atom. The van der Waals surface area contributed by atoms with Crippen LogP contribution in [0.2, 0.25) is 0 Å². The Labute approximate surface area is 168 Å². The molecule has 0 unspecified atom stereocenters. The molecule has 0 aliphatic carbocycles. The highest BCUT2D eigenvalue weighted by Gasteiger charge is 2.22. The van der Waals surface area contributed by atoms with Gasteiger partial charge in [-0.15, -0.1) is 11.3 Å². The molecular formula is C19H26N6O2S. The van der Waals surface area contributed by atoms with E-state index in [4.69, 9.17) is 9.72 Å². The van der Waals surface area contributed by atoms with Crippen molar-refractivity contribution >= 4 is 39.0 Å². The van der Waals surface area contributed by atoms with Gasteiger partial charge in [-0.3, -0.25) is 4.68 Å². The lowest BCUT2D eigenvalue weighted by Gasteiger charge is -2.11. The predicted molar refractivity (Wildman–Crippen MR) is 111 cm³/mol. The van der Waals surface area contributed by atoms with Crippen LogP contribution >= 0.6 is 11.3 Å². The molecule has 3 aromatic heterocycles. The molecule has 0 atom stereocenters. The van der Waals surface area contributed by atoms with Crippen molar-refractivity contribution in [2.45, 2.75) is 40.3 Å². The van der Waals surface area contributed by atoms with Crippen molar-refractivity contribution in [1.29, 1.82) is 0 Å². The van der Waals surface area contributed by atoms with Crippen LogP contribution in [0.15, 0.2) is 12.4 Å². The number of aryl methyl sites for hydroxylation is 1. The first kappa shape index (κ1) is 20.2. The highest BCUT2D eigenvalue weighted by molar-refractivity contribution is 7.20. The molecule has 1 N–H and O–H groups in total. The molecule has 0 amide bonds. The van der Waals surface area contributed by atoms with E-state index < -0.39 is 0 Å². The number of nitrogens with one attached hydrogen (secondary N) is 1. The second kappa shape index (κ2) is 8.24. The topological polar surface area (TPSA) is 85.2 Å². The Morgan fingerprint density at radius 1 is 1.36 bits per heavy atom. The summed E-state index contributed by atoms with van der Waals surface area (Å²) in [4.78, 5) is 25.1. The quantitative estimate of drug-likeness (QED) is 0.602. The summed E-state index contributed by atoms with van der Waals surface area (Å²) < 4.78 is 7.08. The zero-order valence-electron chi connectivity index (χ0n) is 17.1. The van der Waals surface area contributed by atoms with Crippen molar-refractivity contribution in [3.05, 3.63) is 28.7 Å². The highest BCUT2D eigenvalue weighted by Crippen LogP contribution is 2.35. The van der Waals surface area contributed by atoms with Gasteiger partial charge in [-0.1, -0.05) is 0 Å². The lowest BCUT2D eigenvalue weighted by atomic mass is 10.2. The summed E-state index contributed by atoms with van der Waals surface area (Å²) in [5.74, 6) is 1.04. The smallest absolute Gasteiger partial charge is 0.348 e. The third kappa shape index (κ3) is 4.15. The van der Waals surface area contributed by atoms with E-state index in [-0.39, 0.29) is 12.0 Å². The maximum absolute atomic E-state index is 12.3. The van der Waals surface area contributed by atoms with Crippen LogP contribution in [0.25, 0.3) is 10.2 Å². The molecule has 3 rings (SSSR count). The zero-order chi connectivity index (χ0) is 20.4. The number of carbonyl (C=O) groups is 1. The number of hydrogen-bond acceptors (Lipinski definition) is 8. The minimum atomic E-state index is -0.323. The van der Waals surface area contributed by atoms with E-state index in [1.807, 2.05) is 36.8 Å². The average Bonchev–Trinajstić information content (AvgIpc) is 3.19. The van der Waals surface area contributed by atoms with E-state index in [1.165, 1.54) is 11.3 Å². The fraction of sp³-hybridized carbons (Fsp3) is 0.474. The number of nitrogens with zero attached hydrogens (tertiary/aromatic N) is 5. The Hall–Kier alpha value is -2.52. The predicted octanol–water partition coefficient (Wildman–Crippen LogP) is 3.76. The Kier molecular flexibility index (Phi) is 5.95. The molecule has 0 saturated carbocycles. The second-order valence-corrected chi connectivity index (χ2v) is 8.11. The van der Waals surface area contributed by atoms with E-state index in [9.17, 15) is 4.79 Å². The van der Waals surface area contributed by atoms with E-state index >= 15 is 0 Å². The van der Waals surface area contributed by atoms with E-state index in [0.717, 1.165) is 21.5 Å². The van der Waals surface area contributed by atoms with Crippen LogP contribution < -0.4 is 5.32 Å². The Balaban J connectivity index is 2.09. The molecule has 3 aromatic rings. The number of fused-ring (bicyclic) bond motifs is 1. The molecule has 0 aromatic carbocycles. The summed E-state index contributed by atoms with van der Waals surface area (Å²) in [6, 6.07) is 0.267. The summed E-state index contributed by atoms with van der Waals surface area (Å²) >= 11 is 1.34. The average molecular weight is 403 g/mol. The van der Waals surface area contributed by atoms with Crippen molar-refractivity contribution in [2.75, 3.05) is 26.0 Å². The van der Waals surface area contributed by atoms with E-state index in [2.05, 4.69) is 29.2 Å². The second-order valence-electron chi connectivity index (χ2n) is 7.11. The molecule has 0 aliphatic heterocycles. The number of carbonyl (C=O) groups excluding carboxylic acids is 1. The summed E-state index contributed by atoms with van der Waals surface area (Å²) in [6.45, 7) is 8.79. The number of rotatable bonds is 7. The summed E-state index contributed by atoms with van der Waals surface area (Å²) in [6.07, 6.45) is 3.71. The van der Waals surface area contributed by atoms with Crippen molar-refractivity contribution < 1.29 is 9.53 Å². The van der Waals surface area contributed by atoms with Crippen molar-refractivity contribution in [3.63, 3.8) is 0 Å². The van der Waals surface area contributed by atoms with Gasteiger partial charge in [0.1, 0.15) is 21.3 Å². The van der Waals surface area contributed by atoms with Gasteiger partial charge in [0.05, 0.1) is 30.4 Å².